The Labute approximate surface area is 172 Å². The highest BCUT2D eigenvalue weighted by Gasteiger charge is 2.23. The van der Waals surface area contributed by atoms with Crippen LogP contribution in [-0.2, 0) is 6.42 Å². The molecule has 0 radical (unpaired) electrons. The maximum atomic E-state index is 14.9. The molecule has 0 N–H and O–H groups in total. The molecule has 0 aliphatic heterocycles. The second-order valence-electron chi connectivity index (χ2n) is 7.35. The van der Waals surface area contributed by atoms with Gasteiger partial charge in [-0.2, -0.15) is 0 Å². The second-order valence-corrected chi connectivity index (χ2v) is 7.35. The van der Waals surface area contributed by atoms with Gasteiger partial charge < -0.3 is 4.74 Å². The minimum Gasteiger partial charge on any atom is -0.494 e. The van der Waals surface area contributed by atoms with Crippen molar-refractivity contribution in [3.8, 4) is 16.9 Å². The Morgan fingerprint density at radius 2 is 1.47 bits per heavy atom. The minimum absolute atomic E-state index is 0.142. The molecule has 0 bridgehead atoms. The van der Waals surface area contributed by atoms with Crippen LogP contribution in [0.15, 0.2) is 48.5 Å². The molecule has 0 saturated carbocycles. The third kappa shape index (κ3) is 3.97. The Hall–Kier alpha value is -3.08. The molecule has 30 heavy (non-hydrogen) atoms. The molecule has 1 aliphatic rings. The lowest BCUT2D eigenvalue weighted by Crippen LogP contribution is -1.98. The van der Waals surface area contributed by atoms with E-state index in [0.717, 1.165) is 25.0 Å². The number of unbranched alkanes of at least 4 members (excludes halogenated alkanes) is 1. The van der Waals surface area contributed by atoms with Crippen LogP contribution in [0.25, 0.3) is 22.8 Å². The van der Waals surface area contributed by atoms with Crippen molar-refractivity contribution >= 4 is 11.6 Å². The largest absolute Gasteiger partial charge is 0.494 e. The van der Waals surface area contributed by atoms with Crippen LogP contribution in [0.1, 0.15) is 36.5 Å². The smallest absolute Gasteiger partial charge is 0.159 e. The van der Waals surface area contributed by atoms with Crippen LogP contribution in [-0.4, -0.2) is 6.61 Å². The maximum absolute atomic E-state index is 14.9. The summed E-state index contributed by atoms with van der Waals surface area (Å²) >= 11 is 0. The molecule has 4 rings (SSSR count). The highest BCUT2D eigenvalue weighted by Crippen LogP contribution is 2.37. The predicted molar refractivity (Wildman–Crippen MR) is 110 cm³/mol. The van der Waals surface area contributed by atoms with Gasteiger partial charge in [-0.25, -0.2) is 17.6 Å². The van der Waals surface area contributed by atoms with E-state index in [1.54, 1.807) is 24.3 Å². The molecule has 3 aromatic carbocycles. The zero-order chi connectivity index (χ0) is 21.3. The summed E-state index contributed by atoms with van der Waals surface area (Å²) in [7, 11) is 0. The fourth-order valence-corrected chi connectivity index (χ4v) is 3.62. The van der Waals surface area contributed by atoms with Crippen LogP contribution in [0.3, 0.4) is 0 Å². The van der Waals surface area contributed by atoms with Crippen LogP contribution in [0.5, 0.6) is 5.75 Å². The molecule has 0 unspecified atom stereocenters. The SMILES string of the molecule is CCCCOc1ccc(-c2cc(F)c(C3=Cc4cc(F)c(F)cc4C3)c(F)c2)cc1. The first kappa shape index (κ1) is 20.2. The molecule has 0 heterocycles. The monoisotopic (exact) mass is 412 g/mol. The molecule has 3 aromatic rings. The minimum atomic E-state index is -0.982. The van der Waals surface area contributed by atoms with E-state index in [4.69, 9.17) is 4.74 Å². The summed E-state index contributed by atoms with van der Waals surface area (Å²) in [6.07, 6.45) is 3.64. The van der Waals surface area contributed by atoms with Crippen LogP contribution in [0.2, 0.25) is 0 Å². The van der Waals surface area contributed by atoms with Gasteiger partial charge in [-0.3, -0.25) is 0 Å². The zero-order valence-electron chi connectivity index (χ0n) is 16.4. The average Bonchev–Trinajstić information content (AvgIpc) is 3.10. The predicted octanol–water partition coefficient (Wildman–Crippen LogP) is 7.19. The molecule has 1 nitrogen and oxygen atoms in total. The highest BCUT2D eigenvalue weighted by molar-refractivity contribution is 5.89. The van der Waals surface area contributed by atoms with Gasteiger partial charge in [0.05, 0.1) is 6.61 Å². The highest BCUT2D eigenvalue weighted by atomic mass is 19.2. The molecular weight excluding hydrogens is 392 g/mol. The van der Waals surface area contributed by atoms with E-state index in [-0.39, 0.29) is 12.0 Å². The summed E-state index contributed by atoms with van der Waals surface area (Å²) in [6, 6.07) is 11.7. The molecular formula is C25H20F4O. The Balaban J connectivity index is 1.59. The third-order valence-electron chi connectivity index (χ3n) is 5.21. The van der Waals surface area contributed by atoms with Crippen LogP contribution >= 0.6 is 0 Å². The number of ether oxygens (including phenoxy) is 1. The van der Waals surface area contributed by atoms with Crippen LogP contribution in [0.4, 0.5) is 17.6 Å². The summed E-state index contributed by atoms with van der Waals surface area (Å²) in [5.41, 5.74) is 2.19. The van der Waals surface area contributed by atoms with Crippen molar-refractivity contribution in [1.82, 2.24) is 0 Å². The van der Waals surface area contributed by atoms with Gasteiger partial charge in [0.25, 0.3) is 0 Å². The fourth-order valence-electron chi connectivity index (χ4n) is 3.62. The summed E-state index contributed by atoms with van der Waals surface area (Å²) < 4.78 is 62.3. The van der Waals surface area contributed by atoms with Crippen molar-refractivity contribution in [2.45, 2.75) is 26.2 Å². The van der Waals surface area contributed by atoms with Crippen molar-refractivity contribution in [2.24, 2.45) is 0 Å². The first-order valence-corrected chi connectivity index (χ1v) is 9.87. The van der Waals surface area contributed by atoms with Crippen LogP contribution < -0.4 is 4.74 Å². The number of hydrogen-bond acceptors (Lipinski definition) is 1. The van der Waals surface area contributed by atoms with Gasteiger partial charge in [0, 0.05) is 5.56 Å². The van der Waals surface area contributed by atoms with Crippen molar-refractivity contribution in [2.75, 3.05) is 6.61 Å². The van der Waals surface area contributed by atoms with Crippen molar-refractivity contribution in [1.29, 1.82) is 0 Å². The summed E-state index contributed by atoms with van der Waals surface area (Å²) in [4.78, 5) is 0. The molecule has 5 heteroatoms. The summed E-state index contributed by atoms with van der Waals surface area (Å²) in [5.74, 6) is -2.67. The normalized spacial score (nSPS) is 12.6. The third-order valence-corrected chi connectivity index (χ3v) is 5.21. The molecule has 0 saturated heterocycles. The molecule has 0 spiro atoms. The van der Waals surface area contributed by atoms with E-state index in [1.165, 1.54) is 18.2 Å². The van der Waals surface area contributed by atoms with E-state index in [1.807, 2.05) is 0 Å². The summed E-state index contributed by atoms with van der Waals surface area (Å²) in [6.45, 7) is 2.70. The molecule has 154 valence electrons. The maximum Gasteiger partial charge on any atom is 0.159 e. The topological polar surface area (TPSA) is 9.23 Å². The molecule has 0 aromatic heterocycles. The van der Waals surface area contributed by atoms with E-state index in [9.17, 15) is 17.6 Å². The Bertz CT molecular complexity index is 1090. The van der Waals surface area contributed by atoms with Crippen LogP contribution in [0, 0.1) is 23.3 Å². The number of hydrogen-bond donors (Lipinski definition) is 0. The van der Waals surface area contributed by atoms with E-state index in [2.05, 4.69) is 6.92 Å². The zero-order valence-corrected chi connectivity index (χ0v) is 16.4. The molecule has 0 fully saturated rings. The Kier molecular flexibility index (Phi) is 5.62. The molecule has 0 amide bonds. The Morgan fingerprint density at radius 1 is 0.800 bits per heavy atom. The van der Waals surface area contributed by atoms with Crippen molar-refractivity contribution < 1.29 is 22.3 Å². The van der Waals surface area contributed by atoms with Gasteiger partial charge in [-0.1, -0.05) is 31.6 Å². The lowest BCUT2D eigenvalue weighted by atomic mass is 9.97. The van der Waals surface area contributed by atoms with Crippen molar-refractivity contribution in [3.63, 3.8) is 0 Å². The van der Waals surface area contributed by atoms with E-state index < -0.39 is 23.3 Å². The van der Waals surface area contributed by atoms with Gasteiger partial charge in [-0.05, 0) is 77.1 Å². The van der Waals surface area contributed by atoms with Crippen molar-refractivity contribution in [3.05, 3.63) is 88.5 Å². The first-order chi connectivity index (χ1) is 14.5. The number of halogens is 4. The number of benzene rings is 3. The van der Waals surface area contributed by atoms with Gasteiger partial charge in [-0.15, -0.1) is 0 Å². The Morgan fingerprint density at radius 3 is 2.13 bits per heavy atom. The summed E-state index contributed by atoms with van der Waals surface area (Å²) in [5, 5.41) is 0. The van der Waals surface area contributed by atoms with E-state index >= 15 is 0 Å². The van der Waals surface area contributed by atoms with Gasteiger partial charge in [0.1, 0.15) is 17.4 Å². The quantitative estimate of drug-likeness (QED) is 0.308. The van der Waals surface area contributed by atoms with Gasteiger partial charge in [0.15, 0.2) is 11.6 Å². The first-order valence-electron chi connectivity index (χ1n) is 9.87. The molecule has 0 atom stereocenters. The van der Waals surface area contributed by atoms with E-state index in [0.29, 0.717) is 40.2 Å². The van der Waals surface area contributed by atoms with Gasteiger partial charge >= 0.3 is 0 Å². The average molecular weight is 412 g/mol. The standard InChI is InChI=1S/C25H20F4O/c1-2-3-8-30-20-6-4-15(5-7-20)18-13-23(28)25(24(29)14-18)19-9-16-11-21(26)22(27)12-17(16)10-19/h4-7,9,11-14H,2-3,8,10H2,1H3. The fraction of sp³-hybridized carbons (Fsp3) is 0.200. The lowest BCUT2D eigenvalue weighted by molar-refractivity contribution is 0.309. The second kappa shape index (κ2) is 8.34. The van der Waals surface area contributed by atoms with Gasteiger partial charge in [0.2, 0.25) is 0 Å². The number of fused-ring (bicyclic) bond motifs is 1. The number of allylic oxidation sites excluding steroid dienone is 1. The lowest BCUT2D eigenvalue weighted by Gasteiger charge is -2.11. The number of rotatable bonds is 6. The molecule has 1 aliphatic carbocycles.